The van der Waals surface area contributed by atoms with Gasteiger partial charge in [0.2, 0.25) is 5.78 Å². The Balaban J connectivity index is 2.41. The van der Waals surface area contributed by atoms with Gasteiger partial charge in [-0.1, -0.05) is 0 Å². The van der Waals surface area contributed by atoms with Crippen LogP contribution in [0.25, 0.3) is 0 Å². The molecule has 0 aliphatic carbocycles. The molecule has 14 heavy (non-hydrogen) atoms. The summed E-state index contributed by atoms with van der Waals surface area (Å²) >= 11 is 1.66. The molecule has 2 heterocycles. The lowest BCUT2D eigenvalue weighted by Crippen LogP contribution is -2.01. The number of thiophene rings is 1. The van der Waals surface area contributed by atoms with Crippen molar-refractivity contribution >= 4 is 17.1 Å². The van der Waals surface area contributed by atoms with Crippen LogP contribution in [0.1, 0.15) is 25.8 Å². The van der Waals surface area contributed by atoms with E-state index in [0.717, 1.165) is 10.4 Å². The zero-order valence-electron chi connectivity index (χ0n) is 8.13. The molecular formula is C11H11NOS. The predicted molar refractivity (Wildman–Crippen MR) is 58.0 cm³/mol. The number of aromatic nitrogens is 1. The Labute approximate surface area is 86.6 Å². The maximum Gasteiger partial charge on any atom is 0.210 e. The normalized spacial score (nSPS) is 10.4. The highest BCUT2D eigenvalue weighted by Crippen LogP contribution is 2.22. The third kappa shape index (κ3) is 1.51. The minimum Gasteiger partial charge on any atom is -0.359 e. The van der Waals surface area contributed by atoms with Crippen molar-refractivity contribution in [3.05, 3.63) is 45.4 Å². The molecule has 72 valence electrons. The average Bonchev–Trinajstić information content (AvgIpc) is 2.73. The van der Waals surface area contributed by atoms with E-state index in [9.17, 15) is 4.79 Å². The Hall–Kier alpha value is -1.35. The van der Waals surface area contributed by atoms with Crippen LogP contribution in [0.4, 0.5) is 0 Å². The largest absolute Gasteiger partial charge is 0.359 e. The van der Waals surface area contributed by atoms with Crippen molar-refractivity contribution in [2.45, 2.75) is 13.8 Å². The third-order valence-corrected chi connectivity index (χ3v) is 3.09. The first-order valence-corrected chi connectivity index (χ1v) is 5.25. The summed E-state index contributed by atoms with van der Waals surface area (Å²) < 4.78 is 0. The van der Waals surface area contributed by atoms with Gasteiger partial charge in [-0.05, 0) is 32.0 Å². The van der Waals surface area contributed by atoms with Crippen molar-refractivity contribution in [1.82, 2.24) is 4.98 Å². The molecule has 0 amide bonds. The molecule has 1 N–H and O–H groups in total. The van der Waals surface area contributed by atoms with Gasteiger partial charge in [0.15, 0.2) is 0 Å². The van der Waals surface area contributed by atoms with E-state index in [2.05, 4.69) is 4.98 Å². The molecule has 0 bridgehead atoms. The summed E-state index contributed by atoms with van der Waals surface area (Å²) in [4.78, 5) is 17.1. The van der Waals surface area contributed by atoms with E-state index in [1.54, 1.807) is 23.6 Å². The van der Waals surface area contributed by atoms with Gasteiger partial charge in [0.05, 0.1) is 5.69 Å². The quantitative estimate of drug-likeness (QED) is 0.751. The number of aryl methyl sites for hydroxylation is 2. The summed E-state index contributed by atoms with van der Waals surface area (Å²) in [5.74, 6) is 0.0804. The van der Waals surface area contributed by atoms with Crippen LogP contribution in [0.5, 0.6) is 0 Å². The lowest BCUT2D eigenvalue weighted by molar-refractivity contribution is 0.103. The first-order chi connectivity index (χ1) is 6.68. The number of ketones is 1. The lowest BCUT2D eigenvalue weighted by Gasteiger charge is -1.95. The Morgan fingerprint density at radius 3 is 2.71 bits per heavy atom. The van der Waals surface area contributed by atoms with Gasteiger partial charge in [-0.15, -0.1) is 11.3 Å². The highest BCUT2D eigenvalue weighted by atomic mass is 32.1. The van der Waals surface area contributed by atoms with Crippen molar-refractivity contribution in [3.8, 4) is 0 Å². The Kier molecular flexibility index (Phi) is 2.25. The molecule has 0 saturated carbocycles. The van der Waals surface area contributed by atoms with E-state index in [1.165, 1.54) is 4.88 Å². The lowest BCUT2D eigenvalue weighted by atomic mass is 10.1. The second kappa shape index (κ2) is 3.42. The van der Waals surface area contributed by atoms with Gasteiger partial charge < -0.3 is 4.98 Å². The van der Waals surface area contributed by atoms with Crippen LogP contribution in [-0.4, -0.2) is 10.8 Å². The molecule has 2 rings (SSSR count). The van der Waals surface area contributed by atoms with Gasteiger partial charge in [0.1, 0.15) is 0 Å². The van der Waals surface area contributed by atoms with E-state index in [0.29, 0.717) is 5.69 Å². The summed E-state index contributed by atoms with van der Waals surface area (Å²) in [6.07, 6.45) is 1.77. The highest BCUT2D eigenvalue weighted by Gasteiger charge is 2.14. The molecule has 0 atom stereocenters. The van der Waals surface area contributed by atoms with Crippen molar-refractivity contribution in [2.75, 3.05) is 0 Å². The fraction of sp³-hybridized carbons (Fsp3) is 0.182. The number of rotatable bonds is 2. The first kappa shape index (κ1) is 9.21. The van der Waals surface area contributed by atoms with Crippen molar-refractivity contribution in [3.63, 3.8) is 0 Å². The van der Waals surface area contributed by atoms with Gasteiger partial charge in [-0.2, -0.15) is 0 Å². The summed E-state index contributed by atoms with van der Waals surface area (Å²) in [7, 11) is 0. The van der Waals surface area contributed by atoms with Gasteiger partial charge in [-0.25, -0.2) is 0 Å². The first-order valence-electron chi connectivity index (χ1n) is 4.43. The average molecular weight is 205 g/mol. The summed E-state index contributed by atoms with van der Waals surface area (Å²) in [5, 5.41) is 0. The van der Waals surface area contributed by atoms with Crippen LogP contribution >= 0.6 is 11.3 Å². The van der Waals surface area contributed by atoms with Crippen LogP contribution in [0.15, 0.2) is 24.4 Å². The van der Waals surface area contributed by atoms with E-state index < -0.39 is 0 Å². The molecule has 2 aromatic rings. The van der Waals surface area contributed by atoms with Crippen LogP contribution in [0.3, 0.4) is 0 Å². The molecule has 0 aliphatic rings. The molecule has 0 aromatic carbocycles. The number of carbonyl (C=O) groups excluding carboxylic acids is 1. The molecule has 0 aliphatic heterocycles. The van der Waals surface area contributed by atoms with Gasteiger partial charge in [-0.3, -0.25) is 4.79 Å². The number of aromatic amines is 1. The molecule has 0 saturated heterocycles. The van der Waals surface area contributed by atoms with E-state index in [1.807, 2.05) is 26.0 Å². The fourth-order valence-corrected chi connectivity index (χ4v) is 2.39. The molecule has 0 spiro atoms. The molecule has 0 radical (unpaired) electrons. The Morgan fingerprint density at radius 2 is 2.21 bits per heavy atom. The second-order valence-electron chi connectivity index (χ2n) is 3.24. The van der Waals surface area contributed by atoms with Gasteiger partial charge >= 0.3 is 0 Å². The molecule has 0 fully saturated rings. The zero-order chi connectivity index (χ0) is 10.1. The second-order valence-corrected chi connectivity index (χ2v) is 4.70. The SMILES string of the molecule is Cc1cc(C(=O)c2ccc[nH]2)c(C)s1. The standard InChI is InChI=1S/C11H11NOS/c1-7-6-9(8(2)14-7)11(13)10-4-3-5-12-10/h3-6,12H,1-2H3. The summed E-state index contributed by atoms with van der Waals surface area (Å²) in [5.41, 5.74) is 1.47. The molecule has 2 aromatic heterocycles. The van der Waals surface area contributed by atoms with Crippen LogP contribution in [-0.2, 0) is 0 Å². The van der Waals surface area contributed by atoms with Crippen LogP contribution in [0.2, 0.25) is 0 Å². The van der Waals surface area contributed by atoms with E-state index in [-0.39, 0.29) is 5.78 Å². The van der Waals surface area contributed by atoms with Crippen LogP contribution in [0, 0.1) is 13.8 Å². The Bertz CT molecular complexity index is 454. The van der Waals surface area contributed by atoms with Gasteiger partial charge in [0, 0.05) is 21.5 Å². The molecule has 3 heteroatoms. The number of hydrogen-bond acceptors (Lipinski definition) is 2. The summed E-state index contributed by atoms with van der Waals surface area (Å²) in [6.45, 7) is 4.00. The molecule has 2 nitrogen and oxygen atoms in total. The highest BCUT2D eigenvalue weighted by molar-refractivity contribution is 7.12. The number of H-pyrrole nitrogens is 1. The van der Waals surface area contributed by atoms with Crippen LogP contribution < -0.4 is 0 Å². The predicted octanol–water partition coefficient (Wildman–Crippen LogP) is 2.92. The van der Waals surface area contributed by atoms with Crippen molar-refractivity contribution < 1.29 is 4.79 Å². The van der Waals surface area contributed by atoms with Crippen molar-refractivity contribution in [2.24, 2.45) is 0 Å². The smallest absolute Gasteiger partial charge is 0.210 e. The summed E-state index contributed by atoms with van der Waals surface area (Å²) in [6, 6.07) is 5.58. The molecular weight excluding hydrogens is 194 g/mol. The maximum absolute atomic E-state index is 11.9. The number of hydrogen-bond donors (Lipinski definition) is 1. The van der Waals surface area contributed by atoms with Gasteiger partial charge in [0.25, 0.3) is 0 Å². The minimum absolute atomic E-state index is 0.0804. The minimum atomic E-state index is 0.0804. The molecule has 0 unspecified atom stereocenters. The van der Waals surface area contributed by atoms with Crippen molar-refractivity contribution in [1.29, 1.82) is 0 Å². The number of carbonyl (C=O) groups is 1. The number of nitrogens with one attached hydrogen (secondary N) is 1. The monoisotopic (exact) mass is 205 g/mol. The fourth-order valence-electron chi connectivity index (χ4n) is 1.47. The van der Waals surface area contributed by atoms with E-state index >= 15 is 0 Å². The third-order valence-electron chi connectivity index (χ3n) is 2.13. The zero-order valence-corrected chi connectivity index (χ0v) is 8.94. The Morgan fingerprint density at radius 1 is 1.43 bits per heavy atom. The topological polar surface area (TPSA) is 32.9 Å². The maximum atomic E-state index is 11.9. The van der Waals surface area contributed by atoms with E-state index in [4.69, 9.17) is 0 Å².